The number of aromatic amines is 1. The van der Waals surface area contributed by atoms with Gasteiger partial charge >= 0.3 is 0 Å². The van der Waals surface area contributed by atoms with Crippen LogP contribution >= 0.6 is 11.6 Å². The summed E-state index contributed by atoms with van der Waals surface area (Å²) in [5.41, 5.74) is 3.88. The molecule has 4 nitrogen and oxygen atoms in total. The maximum absolute atomic E-state index is 11.9. The molecule has 0 atom stereocenters. The Labute approximate surface area is 145 Å². The first kappa shape index (κ1) is 16.0. The van der Waals surface area contributed by atoms with Gasteiger partial charge in [0, 0.05) is 35.1 Å². The standard InChI is InChI=1S/C19H16ClN3O/c20-16-2-1-3-17(11-16)23-19(24)9-8-14-4-6-15(7-5-14)10-18-12-21-13-22-18/h1-9,11-13H,10H2,(H,21,22)(H,23,24)/b9-8+. The topological polar surface area (TPSA) is 57.8 Å². The second kappa shape index (κ2) is 7.62. The van der Waals surface area contributed by atoms with Gasteiger partial charge in [-0.2, -0.15) is 0 Å². The quantitative estimate of drug-likeness (QED) is 0.682. The summed E-state index contributed by atoms with van der Waals surface area (Å²) < 4.78 is 0. The zero-order valence-corrected chi connectivity index (χ0v) is 13.6. The number of halogens is 1. The van der Waals surface area contributed by atoms with Crippen LogP contribution in [0.25, 0.3) is 6.08 Å². The van der Waals surface area contributed by atoms with Crippen molar-refractivity contribution in [1.29, 1.82) is 0 Å². The summed E-state index contributed by atoms with van der Waals surface area (Å²) in [6.07, 6.45) is 7.57. The molecule has 2 N–H and O–H groups in total. The lowest BCUT2D eigenvalue weighted by Crippen LogP contribution is -2.07. The fourth-order valence-corrected chi connectivity index (χ4v) is 2.46. The zero-order valence-electron chi connectivity index (χ0n) is 12.9. The molecule has 0 aliphatic rings. The van der Waals surface area contributed by atoms with Gasteiger partial charge in [-0.1, -0.05) is 41.9 Å². The summed E-state index contributed by atoms with van der Waals surface area (Å²) >= 11 is 5.89. The summed E-state index contributed by atoms with van der Waals surface area (Å²) in [6.45, 7) is 0. The number of carbonyl (C=O) groups excluding carboxylic acids is 1. The molecule has 120 valence electrons. The minimum atomic E-state index is -0.196. The molecule has 0 saturated carbocycles. The Morgan fingerprint density at radius 1 is 1.21 bits per heavy atom. The fourth-order valence-electron chi connectivity index (χ4n) is 2.27. The van der Waals surface area contributed by atoms with Crippen molar-refractivity contribution in [1.82, 2.24) is 9.97 Å². The number of hydrogen-bond acceptors (Lipinski definition) is 2. The van der Waals surface area contributed by atoms with Crippen LogP contribution in [-0.2, 0) is 11.2 Å². The molecule has 0 bridgehead atoms. The summed E-state index contributed by atoms with van der Waals surface area (Å²) in [5.74, 6) is -0.196. The number of hydrogen-bond donors (Lipinski definition) is 2. The maximum atomic E-state index is 11.9. The van der Waals surface area contributed by atoms with Crippen molar-refractivity contribution in [3.63, 3.8) is 0 Å². The Hall–Kier alpha value is -2.85. The lowest BCUT2D eigenvalue weighted by Gasteiger charge is -2.02. The van der Waals surface area contributed by atoms with E-state index in [1.165, 1.54) is 11.6 Å². The Morgan fingerprint density at radius 3 is 2.75 bits per heavy atom. The average Bonchev–Trinajstić information content (AvgIpc) is 3.07. The molecule has 3 aromatic rings. The molecule has 0 radical (unpaired) electrons. The highest BCUT2D eigenvalue weighted by atomic mass is 35.5. The first-order valence-electron chi connectivity index (χ1n) is 7.50. The van der Waals surface area contributed by atoms with Gasteiger partial charge < -0.3 is 10.3 Å². The van der Waals surface area contributed by atoms with Crippen molar-refractivity contribution in [3.8, 4) is 0 Å². The normalized spacial score (nSPS) is 10.9. The third kappa shape index (κ3) is 4.57. The van der Waals surface area contributed by atoms with E-state index in [0.717, 1.165) is 17.7 Å². The number of nitrogens with one attached hydrogen (secondary N) is 2. The molecular weight excluding hydrogens is 322 g/mol. The Morgan fingerprint density at radius 2 is 2.04 bits per heavy atom. The van der Waals surface area contributed by atoms with E-state index in [9.17, 15) is 4.79 Å². The molecule has 2 aromatic carbocycles. The van der Waals surface area contributed by atoms with E-state index in [-0.39, 0.29) is 5.91 Å². The van der Waals surface area contributed by atoms with Crippen LogP contribution in [0.3, 0.4) is 0 Å². The van der Waals surface area contributed by atoms with Crippen LogP contribution in [-0.4, -0.2) is 15.9 Å². The number of H-pyrrole nitrogens is 1. The van der Waals surface area contributed by atoms with Crippen LogP contribution in [0.5, 0.6) is 0 Å². The van der Waals surface area contributed by atoms with E-state index in [2.05, 4.69) is 15.3 Å². The molecule has 0 fully saturated rings. The van der Waals surface area contributed by atoms with Gasteiger partial charge in [0.05, 0.1) is 6.33 Å². The highest BCUT2D eigenvalue weighted by Crippen LogP contribution is 2.15. The molecule has 0 saturated heterocycles. The highest BCUT2D eigenvalue weighted by molar-refractivity contribution is 6.30. The van der Waals surface area contributed by atoms with E-state index in [1.54, 1.807) is 36.7 Å². The third-order valence-electron chi connectivity index (χ3n) is 3.45. The monoisotopic (exact) mass is 337 g/mol. The number of imidazole rings is 1. The van der Waals surface area contributed by atoms with Crippen LogP contribution in [0.2, 0.25) is 5.02 Å². The molecule has 0 aliphatic carbocycles. The smallest absolute Gasteiger partial charge is 0.248 e. The number of carbonyl (C=O) groups is 1. The number of amides is 1. The van der Waals surface area contributed by atoms with Crippen LogP contribution in [0.1, 0.15) is 16.8 Å². The molecule has 5 heteroatoms. The zero-order chi connectivity index (χ0) is 16.8. The van der Waals surface area contributed by atoms with Crippen LogP contribution < -0.4 is 5.32 Å². The van der Waals surface area contributed by atoms with Crippen molar-refractivity contribution in [2.75, 3.05) is 5.32 Å². The molecule has 1 amide bonds. The van der Waals surface area contributed by atoms with E-state index >= 15 is 0 Å². The van der Waals surface area contributed by atoms with E-state index in [0.29, 0.717) is 10.7 Å². The van der Waals surface area contributed by atoms with Gasteiger partial charge in [0.2, 0.25) is 5.91 Å². The highest BCUT2D eigenvalue weighted by Gasteiger charge is 2.00. The third-order valence-corrected chi connectivity index (χ3v) is 3.68. The second-order valence-corrected chi connectivity index (χ2v) is 5.76. The maximum Gasteiger partial charge on any atom is 0.248 e. The molecule has 3 rings (SSSR count). The van der Waals surface area contributed by atoms with E-state index < -0.39 is 0 Å². The molecule has 0 unspecified atom stereocenters. The van der Waals surface area contributed by atoms with Crippen LogP contribution in [0, 0.1) is 0 Å². The van der Waals surface area contributed by atoms with Gasteiger partial charge in [-0.15, -0.1) is 0 Å². The van der Waals surface area contributed by atoms with Gasteiger partial charge in [0.15, 0.2) is 0 Å². The van der Waals surface area contributed by atoms with Crippen LogP contribution in [0.15, 0.2) is 67.1 Å². The molecule has 0 aliphatic heterocycles. The molecular formula is C19H16ClN3O. The van der Waals surface area contributed by atoms with Gasteiger partial charge in [0.25, 0.3) is 0 Å². The summed E-state index contributed by atoms with van der Waals surface area (Å²) in [5, 5.41) is 3.36. The number of anilines is 1. The summed E-state index contributed by atoms with van der Waals surface area (Å²) in [7, 11) is 0. The van der Waals surface area contributed by atoms with Gasteiger partial charge in [-0.25, -0.2) is 4.98 Å². The first-order valence-corrected chi connectivity index (χ1v) is 7.88. The van der Waals surface area contributed by atoms with Crippen molar-refractivity contribution >= 4 is 29.3 Å². The number of benzene rings is 2. The molecule has 1 heterocycles. The number of rotatable bonds is 5. The predicted molar refractivity (Wildman–Crippen MR) is 97.0 cm³/mol. The lowest BCUT2D eigenvalue weighted by atomic mass is 10.1. The van der Waals surface area contributed by atoms with Gasteiger partial charge in [-0.3, -0.25) is 4.79 Å². The minimum absolute atomic E-state index is 0.196. The Kier molecular flexibility index (Phi) is 5.08. The molecule has 1 aromatic heterocycles. The first-order chi connectivity index (χ1) is 11.7. The lowest BCUT2D eigenvalue weighted by molar-refractivity contribution is -0.111. The van der Waals surface area contributed by atoms with Crippen molar-refractivity contribution in [2.24, 2.45) is 0 Å². The van der Waals surface area contributed by atoms with Gasteiger partial charge in [0.1, 0.15) is 0 Å². The minimum Gasteiger partial charge on any atom is -0.348 e. The number of aromatic nitrogens is 2. The SMILES string of the molecule is O=C(/C=C/c1ccc(Cc2cnc[nH]2)cc1)Nc1cccc(Cl)c1. The molecule has 0 spiro atoms. The van der Waals surface area contributed by atoms with Gasteiger partial charge in [-0.05, 0) is 35.4 Å². The van der Waals surface area contributed by atoms with Crippen molar-refractivity contribution in [3.05, 3.63) is 89.0 Å². The summed E-state index contributed by atoms with van der Waals surface area (Å²) in [4.78, 5) is 19.0. The number of nitrogens with zero attached hydrogens (tertiary/aromatic N) is 1. The van der Waals surface area contributed by atoms with Crippen LogP contribution in [0.4, 0.5) is 5.69 Å². The Balaban J connectivity index is 1.58. The van der Waals surface area contributed by atoms with Crippen molar-refractivity contribution < 1.29 is 4.79 Å². The largest absolute Gasteiger partial charge is 0.348 e. The summed E-state index contributed by atoms with van der Waals surface area (Å²) in [6, 6.07) is 15.1. The Bertz CT molecular complexity index is 839. The fraction of sp³-hybridized carbons (Fsp3) is 0.0526. The van der Waals surface area contributed by atoms with E-state index in [1.807, 2.05) is 30.5 Å². The second-order valence-electron chi connectivity index (χ2n) is 5.33. The average molecular weight is 338 g/mol. The molecule has 24 heavy (non-hydrogen) atoms. The predicted octanol–water partition coefficient (Wildman–Crippen LogP) is 4.31. The van der Waals surface area contributed by atoms with E-state index in [4.69, 9.17) is 11.6 Å². The van der Waals surface area contributed by atoms with Crippen molar-refractivity contribution in [2.45, 2.75) is 6.42 Å².